The molecule has 0 heterocycles. The van der Waals surface area contributed by atoms with E-state index in [1.165, 1.54) is 308 Å². The molecule has 0 fully saturated rings. The average Bonchev–Trinajstić information content (AvgIpc) is 3.43. The molecule has 0 aromatic rings. The van der Waals surface area contributed by atoms with Crippen molar-refractivity contribution in [3.8, 4) is 0 Å². The second-order valence-electron chi connectivity index (χ2n) is 24.2. The molecule has 0 aliphatic rings. The zero-order chi connectivity index (χ0) is 55.7. The number of hydrogen-bond donors (Lipinski definition) is 0. The minimum Gasteiger partial charge on any atom is -0.462 e. The number of carbonyl (C=O) groups is 3. The van der Waals surface area contributed by atoms with Crippen molar-refractivity contribution < 1.29 is 28.6 Å². The smallest absolute Gasteiger partial charge is 0.306 e. The lowest BCUT2D eigenvalue weighted by molar-refractivity contribution is -0.167. The second kappa shape index (κ2) is 66.7. The van der Waals surface area contributed by atoms with Crippen LogP contribution in [-0.4, -0.2) is 37.2 Å². The quantitative estimate of drug-likeness (QED) is 0.0261. The zero-order valence-corrected chi connectivity index (χ0v) is 52.5. The van der Waals surface area contributed by atoms with Gasteiger partial charge in [-0.15, -0.1) is 0 Å². The van der Waals surface area contributed by atoms with E-state index in [1.54, 1.807) is 0 Å². The van der Waals surface area contributed by atoms with Crippen LogP contribution in [0.1, 0.15) is 406 Å². The Labute approximate surface area is 481 Å². The fourth-order valence-corrected chi connectivity index (χ4v) is 11.0. The van der Waals surface area contributed by atoms with Crippen molar-refractivity contribution in [2.45, 2.75) is 412 Å². The number of ether oxygens (including phenoxy) is 3. The maximum Gasteiger partial charge on any atom is 0.306 e. The van der Waals surface area contributed by atoms with Gasteiger partial charge in [0.25, 0.3) is 0 Å². The van der Waals surface area contributed by atoms with Crippen molar-refractivity contribution in [2.24, 2.45) is 0 Å². The number of carbonyl (C=O) groups excluding carboxylic acids is 3. The van der Waals surface area contributed by atoms with Crippen molar-refractivity contribution in [1.82, 2.24) is 0 Å². The summed E-state index contributed by atoms with van der Waals surface area (Å²) in [7, 11) is 0. The van der Waals surface area contributed by atoms with Gasteiger partial charge in [-0.2, -0.15) is 0 Å². The molecule has 0 spiro atoms. The maximum absolute atomic E-state index is 13.0. The highest BCUT2D eigenvalue weighted by atomic mass is 16.6. The van der Waals surface area contributed by atoms with Crippen LogP contribution in [0.25, 0.3) is 0 Å². The average molecular weight is 1090 g/mol. The number of unbranched alkanes of at least 4 members (excludes halogenated alkanes) is 53. The van der Waals surface area contributed by atoms with E-state index < -0.39 is 6.10 Å². The number of rotatable bonds is 66. The third-order valence-corrected chi connectivity index (χ3v) is 16.3. The molecule has 0 amide bonds. The maximum atomic E-state index is 13.0. The lowest BCUT2D eigenvalue weighted by Gasteiger charge is -2.18. The minimum atomic E-state index is -0.766. The van der Waals surface area contributed by atoms with Gasteiger partial charge in [0, 0.05) is 19.3 Å². The monoisotopic (exact) mass is 1090 g/mol. The van der Waals surface area contributed by atoms with E-state index in [9.17, 15) is 14.4 Å². The summed E-state index contributed by atoms with van der Waals surface area (Å²) in [5, 5.41) is 0. The molecule has 0 aromatic carbocycles. The van der Waals surface area contributed by atoms with Crippen molar-refractivity contribution >= 4 is 17.9 Å². The normalized spacial score (nSPS) is 12.0. The van der Waals surface area contributed by atoms with E-state index in [2.05, 4.69) is 32.9 Å². The summed E-state index contributed by atoms with van der Waals surface area (Å²) in [6, 6.07) is 0. The van der Waals surface area contributed by atoms with Crippen LogP contribution in [0.3, 0.4) is 0 Å². The standard InChI is InChI=1S/C71H136O6/c1-4-7-10-13-16-19-22-25-28-31-33-35-37-40-43-46-49-52-55-58-61-64-70(73)76-67-68(66-75-69(72)63-60-57-54-51-48-45-42-39-30-27-24-21-18-15-12-9-6-3)77-71(74)65-62-59-56-53-50-47-44-41-38-36-34-32-29-26-23-20-17-14-11-8-5-2/h25,28,68H,4-24,26-27,29-67H2,1-3H3/b28-25-/t68-/m0/s1. The molecule has 0 aromatic heterocycles. The minimum absolute atomic E-state index is 0.0627. The molecule has 0 unspecified atom stereocenters. The Kier molecular flexibility index (Phi) is 65.1. The lowest BCUT2D eigenvalue weighted by Crippen LogP contribution is -2.30. The van der Waals surface area contributed by atoms with Gasteiger partial charge in [0.1, 0.15) is 13.2 Å². The SMILES string of the molecule is CCCCCCCC/C=C\CCCCCCCCCCCCCC(=O)OC[C@H](COC(=O)CCCCCCCCCCCCCCCCCCC)OC(=O)CCCCCCCCCCCCCCCCCCCCCCC. The van der Waals surface area contributed by atoms with E-state index in [1.807, 2.05) is 0 Å². The van der Waals surface area contributed by atoms with Crippen LogP contribution in [0.5, 0.6) is 0 Å². The predicted octanol–water partition coefficient (Wildman–Crippen LogP) is 24.0. The third kappa shape index (κ3) is 64.9. The molecule has 0 bridgehead atoms. The van der Waals surface area contributed by atoms with Gasteiger partial charge in [-0.25, -0.2) is 0 Å². The number of esters is 3. The molecule has 0 saturated carbocycles. The van der Waals surface area contributed by atoms with Gasteiger partial charge in [0.05, 0.1) is 0 Å². The topological polar surface area (TPSA) is 78.9 Å². The highest BCUT2D eigenvalue weighted by Gasteiger charge is 2.19. The Hall–Kier alpha value is -1.85. The van der Waals surface area contributed by atoms with Crippen molar-refractivity contribution in [1.29, 1.82) is 0 Å². The Balaban J connectivity index is 4.28. The zero-order valence-electron chi connectivity index (χ0n) is 52.5. The first-order chi connectivity index (χ1) is 38.0. The molecule has 0 radical (unpaired) electrons. The summed E-state index contributed by atoms with van der Waals surface area (Å²) in [6.45, 7) is 6.73. The molecule has 6 nitrogen and oxygen atoms in total. The van der Waals surface area contributed by atoms with Crippen LogP contribution in [0.4, 0.5) is 0 Å². The summed E-state index contributed by atoms with van der Waals surface area (Å²) in [5.41, 5.74) is 0. The Morgan fingerprint density at radius 2 is 0.429 bits per heavy atom. The van der Waals surface area contributed by atoms with Gasteiger partial charge in [-0.1, -0.05) is 354 Å². The summed E-state index contributed by atoms with van der Waals surface area (Å²) in [6.07, 6.45) is 79.5. The van der Waals surface area contributed by atoms with E-state index in [0.29, 0.717) is 19.3 Å². The van der Waals surface area contributed by atoms with Crippen LogP contribution >= 0.6 is 0 Å². The summed E-state index contributed by atoms with van der Waals surface area (Å²) < 4.78 is 17.0. The molecular weight excluding hydrogens is 949 g/mol. The van der Waals surface area contributed by atoms with Gasteiger partial charge in [-0.05, 0) is 44.9 Å². The molecule has 0 rings (SSSR count). The van der Waals surface area contributed by atoms with Gasteiger partial charge in [-0.3, -0.25) is 14.4 Å². The third-order valence-electron chi connectivity index (χ3n) is 16.3. The molecule has 1 atom stereocenters. The summed E-state index contributed by atoms with van der Waals surface area (Å²) in [5.74, 6) is -0.826. The first-order valence-electron chi connectivity index (χ1n) is 35.2. The van der Waals surface area contributed by atoms with Gasteiger partial charge < -0.3 is 14.2 Å². The highest BCUT2D eigenvalue weighted by molar-refractivity contribution is 5.71. The van der Waals surface area contributed by atoms with E-state index >= 15 is 0 Å². The molecule has 6 heteroatoms. The van der Waals surface area contributed by atoms with Crippen LogP contribution < -0.4 is 0 Å². The molecule has 456 valence electrons. The van der Waals surface area contributed by atoms with Crippen molar-refractivity contribution in [3.05, 3.63) is 12.2 Å². The molecule has 0 aliphatic carbocycles. The van der Waals surface area contributed by atoms with Crippen LogP contribution in [0, 0.1) is 0 Å². The Morgan fingerprint density at radius 1 is 0.247 bits per heavy atom. The van der Waals surface area contributed by atoms with Gasteiger partial charge in [0.2, 0.25) is 0 Å². The van der Waals surface area contributed by atoms with Crippen molar-refractivity contribution in [3.63, 3.8) is 0 Å². The first kappa shape index (κ1) is 75.2. The van der Waals surface area contributed by atoms with Crippen LogP contribution in [0.2, 0.25) is 0 Å². The molecular formula is C71H136O6. The predicted molar refractivity (Wildman–Crippen MR) is 335 cm³/mol. The fourth-order valence-electron chi connectivity index (χ4n) is 11.0. The first-order valence-corrected chi connectivity index (χ1v) is 35.2. The molecule has 0 N–H and O–H groups in total. The number of hydrogen-bond acceptors (Lipinski definition) is 6. The summed E-state index contributed by atoms with van der Waals surface area (Å²) in [4.78, 5) is 38.5. The van der Waals surface area contributed by atoms with Gasteiger partial charge in [0.15, 0.2) is 6.10 Å². The second-order valence-corrected chi connectivity index (χ2v) is 24.2. The van der Waals surface area contributed by atoms with Crippen LogP contribution in [0.15, 0.2) is 12.2 Å². The van der Waals surface area contributed by atoms with E-state index in [4.69, 9.17) is 14.2 Å². The van der Waals surface area contributed by atoms with Gasteiger partial charge >= 0.3 is 17.9 Å². The summed E-state index contributed by atoms with van der Waals surface area (Å²) >= 11 is 0. The molecule has 0 aliphatic heterocycles. The van der Waals surface area contributed by atoms with Crippen molar-refractivity contribution in [2.75, 3.05) is 13.2 Å². The molecule has 77 heavy (non-hydrogen) atoms. The highest BCUT2D eigenvalue weighted by Crippen LogP contribution is 2.19. The fraction of sp³-hybridized carbons (Fsp3) is 0.930. The number of allylic oxidation sites excluding steroid dienone is 2. The lowest BCUT2D eigenvalue weighted by atomic mass is 10.0. The van der Waals surface area contributed by atoms with Crippen LogP contribution in [-0.2, 0) is 28.6 Å². The van der Waals surface area contributed by atoms with E-state index in [-0.39, 0.29) is 31.1 Å². The molecule has 0 saturated heterocycles. The Morgan fingerprint density at radius 3 is 0.649 bits per heavy atom. The largest absolute Gasteiger partial charge is 0.462 e. The van der Waals surface area contributed by atoms with E-state index in [0.717, 1.165) is 57.8 Å². The Bertz CT molecular complexity index is 1200.